The normalized spacial score (nSPS) is 22.7. The lowest BCUT2D eigenvalue weighted by Gasteiger charge is -2.13. The SMILES string of the molecule is O=C1CCC(=O)CC1.O=C1CCC(O)CC1. The summed E-state index contributed by atoms with van der Waals surface area (Å²) in [6, 6.07) is 0. The zero-order valence-electron chi connectivity index (χ0n) is 9.41. The molecule has 0 aromatic rings. The molecule has 0 radical (unpaired) electrons. The average Bonchev–Trinajstić information content (AvgIpc) is 2.28. The first-order chi connectivity index (χ1) is 7.58. The zero-order valence-corrected chi connectivity index (χ0v) is 9.41. The van der Waals surface area contributed by atoms with E-state index < -0.39 is 0 Å². The highest BCUT2D eigenvalue weighted by Gasteiger charge is 2.15. The van der Waals surface area contributed by atoms with E-state index in [-0.39, 0.29) is 17.7 Å². The van der Waals surface area contributed by atoms with Gasteiger partial charge < -0.3 is 5.11 Å². The molecule has 2 rings (SSSR count). The summed E-state index contributed by atoms with van der Waals surface area (Å²) in [7, 11) is 0. The monoisotopic (exact) mass is 226 g/mol. The van der Waals surface area contributed by atoms with Crippen LogP contribution in [-0.2, 0) is 14.4 Å². The van der Waals surface area contributed by atoms with Crippen LogP contribution in [0.15, 0.2) is 0 Å². The largest absolute Gasteiger partial charge is 0.393 e. The van der Waals surface area contributed by atoms with E-state index in [1.165, 1.54) is 0 Å². The molecule has 0 aromatic carbocycles. The fourth-order valence-corrected chi connectivity index (χ4v) is 1.73. The van der Waals surface area contributed by atoms with Crippen LogP contribution in [-0.4, -0.2) is 28.6 Å². The summed E-state index contributed by atoms with van der Waals surface area (Å²) in [5.41, 5.74) is 0. The number of carbonyl (C=O) groups is 3. The van der Waals surface area contributed by atoms with Gasteiger partial charge in [-0.25, -0.2) is 0 Å². The van der Waals surface area contributed by atoms with Crippen LogP contribution >= 0.6 is 0 Å². The van der Waals surface area contributed by atoms with Crippen LogP contribution in [0.3, 0.4) is 0 Å². The summed E-state index contributed by atoms with van der Waals surface area (Å²) in [5.74, 6) is 0.782. The Balaban J connectivity index is 0.000000160. The lowest BCUT2D eigenvalue weighted by Crippen LogP contribution is -2.17. The minimum absolute atomic E-state index is 0.201. The van der Waals surface area contributed by atoms with E-state index in [2.05, 4.69) is 0 Å². The Morgan fingerprint density at radius 1 is 0.688 bits per heavy atom. The third kappa shape index (κ3) is 5.16. The minimum atomic E-state index is -0.201. The first-order valence-electron chi connectivity index (χ1n) is 5.81. The second-order valence-electron chi connectivity index (χ2n) is 4.35. The molecule has 4 heteroatoms. The van der Waals surface area contributed by atoms with Crippen LogP contribution < -0.4 is 0 Å². The fraction of sp³-hybridized carbons (Fsp3) is 0.750. The van der Waals surface area contributed by atoms with Gasteiger partial charge in [-0.3, -0.25) is 14.4 Å². The molecule has 0 saturated heterocycles. The first kappa shape index (κ1) is 13.0. The van der Waals surface area contributed by atoms with Crippen molar-refractivity contribution < 1.29 is 19.5 Å². The predicted molar refractivity (Wildman–Crippen MR) is 58.0 cm³/mol. The second kappa shape index (κ2) is 6.53. The highest BCUT2D eigenvalue weighted by molar-refractivity contribution is 5.92. The van der Waals surface area contributed by atoms with Crippen LogP contribution in [0.4, 0.5) is 0 Å². The quantitative estimate of drug-likeness (QED) is 0.673. The number of ketones is 3. The Morgan fingerprint density at radius 3 is 1.31 bits per heavy atom. The highest BCUT2D eigenvalue weighted by atomic mass is 16.3. The number of hydrogen-bond donors (Lipinski definition) is 1. The molecule has 0 unspecified atom stereocenters. The van der Waals surface area contributed by atoms with Crippen molar-refractivity contribution in [2.45, 2.75) is 57.5 Å². The van der Waals surface area contributed by atoms with Gasteiger partial charge in [-0.1, -0.05) is 0 Å². The Labute approximate surface area is 95.0 Å². The van der Waals surface area contributed by atoms with Gasteiger partial charge in [0.15, 0.2) is 0 Å². The summed E-state index contributed by atoms with van der Waals surface area (Å²) in [4.78, 5) is 31.4. The van der Waals surface area contributed by atoms with Crippen molar-refractivity contribution >= 4 is 17.3 Å². The molecule has 0 heterocycles. The molecule has 0 aromatic heterocycles. The van der Waals surface area contributed by atoms with E-state index in [9.17, 15) is 14.4 Å². The van der Waals surface area contributed by atoms with Crippen molar-refractivity contribution in [3.05, 3.63) is 0 Å². The van der Waals surface area contributed by atoms with Crippen LogP contribution in [0.5, 0.6) is 0 Å². The van der Waals surface area contributed by atoms with E-state index in [1.807, 2.05) is 0 Å². The molecule has 2 saturated carbocycles. The van der Waals surface area contributed by atoms with E-state index in [0.29, 0.717) is 57.1 Å². The molecule has 0 atom stereocenters. The van der Waals surface area contributed by atoms with Crippen molar-refractivity contribution in [2.75, 3.05) is 0 Å². The lowest BCUT2D eigenvalue weighted by atomic mass is 9.97. The van der Waals surface area contributed by atoms with E-state index in [0.717, 1.165) is 0 Å². The van der Waals surface area contributed by atoms with Gasteiger partial charge in [0.2, 0.25) is 0 Å². The molecule has 0 spiro atoms. The summed E-state index contributed by atoms with van der Waals surface area (Å²) >= 11 is 0. The van der Waals surface area contributed by atoms with Gasteiger partial charge in [0.1, 0.15) is 17.3 Å². The number of aliphatic hydroxyl groups is 1. The standard InChI is InChI=1S/C6H10O2.C6H8O2/c2*7-5-1-2-6(8)4-3-5/h5,7H,1-4H2;1-4H2. The molecule has 90 valence electrons. The molecule has 4 nitrogen and oxygen atoms in total. The molecule has 1 N–H and O–H groups in total. The number of Topliss-reactive ketones (excluding diaryl/α,β-unsaturated/α-hetero) is 3. The molecule has 2 aliphatic carbocycles. The van der Waals surface area contributed by atoms with Gasteiger partial charge in [-0.2, -0.15) is 0 Å². The van der Waals surface area contributed by atoms with Crippen LogP contribution in [0, 0.1) is 0 Å². The van der Waals surface area contributed by atoms with Crippen molar-refractivity contribution in [1.82, 2.24) is 0 Å². The van der Waals surface area contributed by atoms with Gasteiger partial charge in [-0.05, 0) is 12.8 Å². The third-order valence-corrected chi connectivity index (χ3v) is 2.88. The maximum Gasteiger partial charge on any atom is 0.133 e. The second-order valence-corrected chi connectivity index (χ2v) is 4.35. The Hall–Kier alpha value is -1.03. The molecule has 2 aliphatic rings. The molecule has 0 amide bonds. The molecule has 16 heavy (non-hydrogen) atoms. The lowest BCUT2D eigenvalue weighted by molar-refractivity contribution is -0.128. The Bertz CT molecular complexity index is 245. The fourth-order valence-electron chi connectivity index (χ4n) is 1.73. The average molecular weight is 226 g/mol. The van der Waals surface area contributed by atoms with Gasteiger partial charge in [0, 0.05) is 38.5 Å². The third-order valence-electron chi connectivity index (χ3n) is 2.88. The summed E-state index contributed by atoms with van der Waals surface area (Å²) in [6.07, 6.45) is 4.27. The van der Waals surface area contributed by atoms with Crippen molar-refractivity contribution in [3.63, 3.8) is 0 Å². The van der Waals surface area contributed by atoms with Crippen LogP contribution in [0.25, 0.3) is 0 Å². The number of carbonyl (C=O) groups excluding carboxylic acids is 3. The van der Waals surface area contributed by atoms with Gasteiger partial charge in [0.25, 0.3) is 0 Å². The van der Waals surface area contributed by atoms with Gasteiger partial charge >= 0.3 is 0 Å². The molecule has 0 aliphatic heterocycles. The van der Waals surface area contributed by atoms with Crippen LogP contribution in [0.2, 0.25) is 0 Å². The predicted octanol–water partition coefficient (Wildman–Crippen LogP) is 1.19. The summed E-state index contributed by atoms with van der Waals surface area (Å²) < 4.78 is 0. The highest BCUT2D eigenvalue weighted by Crippen LogP contribution is 2.13. The Kier molecular flexibility index (Phi) is 5.32. The van der Waals surface area contributed by atoms with Gasteiger partial charge in [-0.15, -0.1) is 0 Å². The maximum atomic E-state index is 10.5. The zero-order chi connectivity index (χ0) is 12.0. The molecule has 2 fully saturated rings. The number of hydrogen-bond acceptors (Lipinski definition) is 4. The first-order valence-corrected chi connectivity index (χ1v) is 5.81. The number of aliphatic hydroxyl groups excluding tert-OH is 1. The van der Waals surface area contributed by atoms with Gasteiger partial charge in [0.05, 0.1) is 6.10 Å². The van der Waals surface area contributed by atoms with Crippen molar-refractivity contribution in [1.29, 1.82) is 0 Å². The van der Waals surface area contributed by atoms with E-state index >= 15 is 0 Å². The van der Waals surface area contributed by atoms with Crippen LogP contribution in [0.1, 0.15) is 51.4 Å². The summed E-state index contributed by atoms with van der Waals surface area (Å²) in [6.45, 7) is 0. The molecular weight excluding hydrogens is 208 g/mol. The topological polar surface area (TPSA) is 71.4 Å². The Morgan fingerprint density at radius 2 is 1.00 bits per heavy atom. The maximum absolute atomic E-state index is 10.5. The van der Waals surface area contributed by atoms with E-state index in [1.54, 1.807) is 0 Å². The van der Waals surface area contributed by atoms with Crippen molar-refractivity contribution in [2.24, 2.45) is 0 Å². The van der Waals surface area contributed by atoms with Crippen molar-refractivity contribution in [3.8, 4) is 0 Å². The molecule has 0 bridgehead atoms. The summed E-state index contributed by atoms with van der Waals surface area (Å²) in [5, 5.41) is 8.87. The van der Waals surface area contributed by atoms with E-state index in [4.69, 9.17) is 5.11 Å². The number of rotatable bonds is 0. The smallest absolute Gasteiger partial charge is 0.133 e. The minimum Gasteiger partial charge on any atom is -0.393 e. The molecular formula is C12H18O4.